The number of guanidine groups is 1. The number of halogens is 4. The summed E-state index contributed by atoms with van der Waals surface area (Å²) in [7, 11) is 1.53. The van der Waals surface area contributed by atoms with E-state index in [4.69, 9.17) is 16.1 Å². The number of rotatable bonds is 4. The minimum Gasteiger partial charge on any atom is -0.404 e. The smallest absolute Gasteiger partial charge is 0.404 e. The molecule has 2 heterocycles. The summed E-state index contributed by atoms with van der Waals surface area (Å²) in [5.74, 6) is -2.18. The highest BCUT2D eigenvalue weighted by Gasteiger charge is 2.34. The Morgan fingerprint density at radius 3 is 2.57 bits per heavy atom. The van der Waals surface area contributed by atoms with E-state index in [1.54, 1.807) is 0 Å². The van der Waals surface area contributed by atoms with Crippen LogP contribution in [0.1, 0.15) is 26.6 Å². The molecule has 0 saturated carbocycles. The van der Waals surface area contributed by atoms with Crippen molar-refractivity contribution in [1.82, 2.24) is 26.6 Å². The second-order valence-corrected chi connectivity index (χ2v) is 6.18. The van der Waals surface area contributed by atoms with Crippen molar-refractivity contribution < 1.29 is 32.0 Å². The van der Waals surface area contributed by atoms with Gasteiger partial charge in [0.15, 0.2) is 11.4 Å². The van der Waals surface area contributed by atoms with Crippen molar-refractivity contribution in [2.75, 3.05) is 12.4 Å². The fraction of sp³-hybridized carbons (Fsp3) is 0.200. The molecular weight excluding hydrogens is 435 g/mol. The van der Waals surface area contributed by atoms with Gasteiger partial charge in [0.1, 0.15) is 11.4 Å². The van der Waals surface area contributed by atoms with Crippen LogP contribution in [0.2, 0.25) is 5.02 Å². The van der Waals surface area contributed by atoms with Crippen LogP contribution < -0.4 is 26.4 Å². The van der Waals surface area contributed by atoms with Gasteiger partial charge in [0.2, 0.25) is 5.96 Å². The van der Waals surface area contributed by atoms with Crippen molar-refractivity contribution in [2.24, 2.45) is 5.10 Å². The van der Waals surface area contributed by atoms with E-state index in [0.717, 1.165) is 12.1 Å². The Bertz CT molecular complexity index is 1020. The van der Waals surface area contributed by atoms with Gasteiger partial charge in [0, 0.05) is 13.1 Å². The van der Waals surface area contributed by atoms with Gasteiger partial charge in [-0.25, -0.2) is 5.53 Å². The molecule has 0 radical (unpaired) electrons. The number of hydrazine groups is 2. The van der Waals surface area contributed by atoms with Gasteiger partial charge >= 0.3 is 6.36 Å². The van der Waals surface area contributed by atoms with Gasteiger partial charge in [-0.2, -0.15) is 0 Å². The van der Waals surface area contributed by atoms with E-state index >= 15 is 0 Å². The third kappa shape index (κ3) is 4.72. The Hall–Kier alpha value is -3.52. The lowest BCUT2D eigenvalue weighted by molar-refractivity contribution is -0.274. The third-order valence-electron chi connectivity index (χ3n) is 3.60. The maximum atomic E-state index is 12.8. The van der Waals surface area contributed by atoms with Crippen molar-refractivity contribution in [3.05, 3.63) is 40.2 Å². The zero-order valence-electron chi connectivity index (χ0n) is 15.2. The second-order valence-electron chi connectivity index (χ2n) is 5.80. The van der Waals surface area contributed by atoms with Crippen molar-refractivity contribution in [2.45, 2.75) is 13.3 Å². The SMILES string of the molecule is Cc1cc(C(=O)Nc2c(OC(F)(F)F)ccc(C(=O)NC3=NNNN3C)c2Cl)no1. The molecule has 1 aromatic heterocycles. The van der Waals surface area contributed by atoms with Gasteiger partial charge in [-0.15, -0.1) is 23.8 Å². The molecule has 0 spiro atoms. The molecule has 15 heteroatoms. The minimum absolute atomic E-state index is 0.0651. The van der Waals surface area contributed by atoms with Gasteiger partial charge in [-0.1, -0.05) is 16.8 Å². The number of nitrogens with one attached hydrogen (secondary N) is 4. The number of aromatic nitrogens is 1. The normalized spacial score (nSPS) is 13.5. The molecule has 1 aliphatic heterocycles. The van der Waals surface area contributed by atoms with Gasteiger partial charge in [-0.05, 0) is 19.1 Å². The van der Waals surface area contributed by atoms with Crippen LogP contribution in [0.25, 0.3) is 0 Å². The topological polar surface area (TPSA) is 133 Å². The first-order valence-electron chi connectivity index (χ1n) is 8.01. The van der Waals surface area contributed by atoms with E-state index in [-0.39, 0.29) is 17.2 Å². The molecule has 0 fully saturated rings. The molecule has 0 bridgehead atoms. The average Bonchev–Trinajstić information content (AvgIpc) is 3.25. The molecule has 2 amide bonds. The molecule has 0 saturated heterocycles. The molecule has 0 unspecified atom stereocenters. The highest BCUT2D eigenvalue weighted by molar-refractivity contribution is 6.37. The van der Waals surface area contributed by atoms with Gasteiger partial charge < -0.3 is 14.6 Å². The van der Waals surface area contributed by atoms with E-state index in [2.05, 4.69) is 36.7 Å². The zero-order valence-corrected chi connectivity index (χ0v) is 16.0. The molecule has 1 aromatic carbocycles. The van der Waals surface area contributed by atoms with Crippen LogP contribution in [0, 0.1) is 6.92 Å². The number of amides is 2. The lowest BCUT2D eigenvalue weighted by atomic mass is 10.1. The van der Waals surface area contributed by atoms with Crippen molar-refractivity contribution >= 4 is 35.1 Å². The van der Waals surface area contributed by atoms with Crippen LogP contribution >= 0.6 is 11.6 Å². The van der Waals surface area contributed by atoms with Gasteiger partial charge in [-0.3, -0.25) is 19.9 Å². The highest BCUT2D eigenvalue weighted by Crippen LogP contribution is 2.38. The van der Waals surface area contributed by atoms with Gasteiger partial charge in [0.25, 0.3) is 11.8 Å². The first-order chi connectivity index (χ1) is 14.0. The molecule has 11 nitrogen and oxygen atoms in total. The minimum atomic E-state index is -5.07. The van der Waals surface area contributed by atoms with Crippen LogP contribution in [-0.2, 0) is 0 Å². The van der Waals surface area contributed by atoms with Crippen LogP contribution in [0.5, 0.6) is 5.75 Å². The maximum Gasteiger partial charge on any atom is 0.573 e. The van der Waals surface area contributed by atoms with Crippen LogP contribution in [0.3, 0.4) is 0 Å². The number of ether oxygens (including phenoxy) is 1. The summed E-state index contributed by atoms with van der Waals surface area (Å²) < 4.78 is 47.0. The first kappa shape index (κ1) is 21.2. The fourth-order valence-electron chi connectivity index (χ4n) is 2.27. The number of hydrogen-bond donors (Lipinski definition) is 4. The number of alkyl halides is 3. The largest absolute Gasteiger partial charge is 0.573 e. The number of carbonyl (C=O) groups is 2. The molecule has 0 aliphatic carbocycles. The summed E-state index contributed by atoms with van der Waals surface area (Å²) in [4.78, 5) is 24.8. The lowest BCUT2D eigenvalue weighted by Crippen LogP contribution is -2.45. The summed E-state index contributed by atoms with van der Waals surface area (Å²) in [5.41, 5.74) is 3.89. The lowest BCUT2D eigenvalue weighted by Gasteiger charge is -2.17. The number of hydrogen-bond acceptors (Lipinski definition) is 9. The summed E-state index contributed by atoms with van der Waals surface area (Å²) in [6, 6.07) is 3.11. The number of carbonyl (C=O) groups excluding carboxylic acids is 2. The number of aryl methyl sites for hydroxylation is 1. The van der Waals surface area contributed by atoms with E-state index in [1.807, 2.05) is 0 Å². The molecular formula is C15H13ClF3N7O4. The highest BCUT2D eigenvalue weighted by atomic mass is 35.5. The van der Waals surface area contributed by atoms with Crippen LogP contribution in [0.15, 0.2) is 27.8 Å². The Kier molecular flexibility index (Phi) is 5.71. The molecule has 4 N–H and O–H groups in total. The van der Waals surface area contributed by atoms with E-state index in [0.29, 0.717) is 5.76 Å². The third-order valence-corrected chi connectivity index (χ3v) is 3.99. The molecule has 2 aromatic rings. The molecule has 1 aliphatic rings. The Balaban J connectivity index is 1.94. The molecule has 160 valence electrons. The molecule has 0 atom stereocenters. The summed E-state index contributed by atoms with van der Waals surface area (Å²) in [6.45, 7) is 1.52. The standard InChI is InChI=1S/C15H13ClF3N7O4/c1-6-5-8(23-30-6)13(28)20-11-9(29-15(17,18)19)4-3-7(10(11)16)12(27)21-14-22-24-25-26(14)2/h3-5,24-25H,1-2H3,(H,20,28)(H,21,22,27). The van der Waals surface area contributed by atoms with Crippen LogP contribution in [0.4, 0.5) is 18.9 Å². The predicted octanol–water partition coefficient (Wildman–Crippen LogP) is 1.74. The summed E-state index contributed by atoms with van der Waals surface area (Å²) >= 11 is 6.14. The number of nitrogens with zero attached hydrogens (tertiary/aromatic N) is 3. The monoisotopic (exact) mass is 447 g/mol. The quantitative estimate of drug-likeness (QED) is 0.557. The van der Waals surface area contributed by atoms with Gasteiger partial charge in [0.05, 0.1) is 10.6 Å². The average molecular weight is 448 g/mol. The number of benzene rings is 1. The maximum absolute atomic E-state index is 12.8. The fourth-order valence-corrected chi connectivity index (χ4v) is 2.56. The summed E-state index contributed by atoms with van der Waals surface area (Å²) in [5, 5.41) is 12.6. The zero-order chi connectivity index (χ0) is 22.1. The molecule has 3 rings (SSSR count). The van der Waals surface area contributed by atoms with E-state index in [9.17, 15) is 22.8 Å². The summed E-state index contributed by atoms with van der Waals surface area (Å²) in [6.07, 6.45) is -5.07. The number of anilines is 1. The Morgan fingerprint density at radius 2 is 2.00 bits per heavy atom. The van der Waals surface area contributed by atoms with Crippen LogP contribution in [-0.4, -0.2) is 41.3 Å². The predicted molar refractivity (Wildman–Crippen MR) is 96.3 cm³/mol. The number of hydrazone groups is 1. The van der Waals surface area contributed by atoms with E-state index < -0.39 is 34.6 Å². The molecule has 30 heavy (non-hydrogen) atoms. The van der Waals surface area contributed by atoms with Crippen molar-refractivity contribution in [3.8, 4) is 5.75 Å². The first-order valence-corrected chi connectivity index (χ1v) is 8.39. The van der Waals surface area contributed by atoms with Crippen molar-refractivity contribution in [3.63, 3.8) is 0 Å². The second kappa shape index (κ2) is 8.08. The Labute approximate surface area is 171 Å². The van der Waals surface area contributed by atoms with Crippen molar-refractivity contribution in [1.29, 1.82) is 0 Å². The Morgan fingerprint density at radius 1 is 1.27 bits per heavy atom. The van der Waals surface area contributed by atoms with E-state index in [1.165, 1.54) is 25.0 Å².